The van der Waals surface area contributed by atoms with Gasteiger partial charge >= 0.3 is 0 Å². The highest BCUT2D eigenvalue weighted by Gasteiger charge is 2.17. The molecular formula is C13H12O4S2. The average molecular weight is 296 g/mol. The van der Waals surface area contributed by atoms with Gasteiger partial charge in [0.15, 0.2) is 5.78 Å². The number of carbonyl (C=O) groups excluding carboxylic acids is 1. The Labute approximate surface area is 115 Å². The molecule has 0 unspecified atom stereocenters. The number of carbonyl (C=O) groups is 1. The van der Waals surface area contributed by atoms with Crippen LogP contribution in [0.25, 0.3) is 0 Å². The van der Waals surface area contributed by atoms with Crippen molar-refractivity contribution >= 4 is 27.2 Å². The van der Waals surface area contributed by atoms with E-state index in [4.69, 9.17) is 4.18 Å². The van der Waals surface area contributed by atoms with E-state index in [1.54, 1.807) is 29.6 Å². The van der Waals surface area contributed by atoms with Gasteiger partial charge < -0.3 is 0 Å². The van der Waals surface area contributed by atoms with Gasteiger partial charge in [-0.25, -0.2) is 0 Å². The molecule has 0 fully saturated rings. The molecule has 1 aromatic carbocycles. The van der Waals surface area contributed by atoms with E-state index in [0.29, 0.717) is 4.88 Å². The van der Waals surface area contributed by atoms with Crippen LogP contribution in [0.4, 0.5) is 0 Å². The molecule has 0 saturated heterocycles. The van der Waals surface area contributed by atoms with Crippen molar-refractivity contribution in [2.45, 2.75) is 11.8 Å². The lowest BCUT2D eigenvalue weighted by atomic mass is 10.2. The largest absolute Gasteiger partial charge is 0.297 e. The first-order chi connectivity index (χ1) is 8.99. The molecule has 100 valence electrons. The van der Waals surface area contributed by atoms with Crippen LogP contribution in [0.2, 0.25) is 0 Å². The van der Waals surface area contributed by atoms with Crippen molar-refractivity contribution in [1.29, 1.82) is 0 Å². The summed E-state index contributed by atoms with van der Waals surface area (Å²) in [5, 5.41) is 1.75. The van der Waals surface area contributed by atoms with Crippen LogP contribution in [-0.4, -0.2) is 20.8 Å². The normalized spacial score (nSPS) is 11.4. The lowest BCUT2D eigenvalue weighted by Gasteiger charge is -2.04. The molecular weight excluding hydrogens is 284 g/mol. The van der Waals surface area contributed by atoms with Crippen molar-refractivity contribution in [1.82, 2.24) is 0 Å². The molecule has 0 spiro atoms. The Morgan fingerprint density at radius 2 is 1.89 bits per heavy atom. The molecule has 0 bridgehead atoms. The summed E-state index contributed by atoms with van der Waals surface area (Å²) in [4.78, 5) is 12.2. The van der Waals surface area contributed by atoms with Crippen molar-refractivity contribution in [2.24, 2.45) is 0 Å². The van der Waals surface area contributed by atoms with E-state index in [9.17, 15) is 13.2 Å². The summed E-state index contributed by atoms with van der Waals surface area (Å²) in [6.07, 6.45) is 0. The average Bonchev–Trinajstić information content (AvgIpc) is 2.90. The van der Waals surface area contributed by atoms with Gasteiger partial charge in [0.25, 0.3) is 10.1 Å². The fourth-order valence-electron chi connectivity index (χ4n) is 1.41. The highest BCUT2D eigenvalue weighted by molar-refractivity contribution is 7.86. The van der Waals surface area contributed by atoms with Crippen LogP contribution in [0.3, 0.4) is 0 Å². The minimum atomic E-state index is -3.88. The summed E-state index contributed by atoms with van der Waals surface area (Å²) >= 11 is 1.26. The SMILES string of the molecule is Cc1ccc(S(=O)(=O)OCC(=O)c2cccs2)cc1. The van der Waals surface area contributed by atoms with Gasteiger partial charge in [-0.3, -0.25) is 8.98 Å². The van der Waals surface area contributed by atoms with Gasteiger partial charge in [-0.15, -0.1) is 11.3 Å². The lowest BCUT2D eigenvalue weighted by molar-refractivity contribution is 0.0929. The van der Waals surface area contributed by atoms with Gasteiger partial charge in [0.1, 0.15) is 6.61 Å². The van der Waals surface area contributed by atoms with Crippen LogP contribution in [0, 0.1) is 6.92 Å². The Morgan fingerprint density at radius 3 is 2.47 bits per heavy atom. The first-order valence-corrected chi connectivity index (χ1v) is 7.80. The smallest absolute Gasteiger partial charge is 0.291 e. The summed E-state index contributed by atoms with van der Waals surface area (Å²) in [7, 11) is -3.88. The predicted molar refractivity (Wildman–Crippen MR) is 73.0 cm³/mol. The molecule has 2 rings (SSSR count). The van der Waals surface area contributed by atoms with Gasteiger partial charge in [0.2, 0.25) is 0 Å². The maximum absolute atomic E-state index is 11.8. The molecule has 0 radical (unpaired) electrons. The standard InChI is InChI=1S/C13H12O4S2/c1-10-4-6-11(7-5-10)19(15,16)17-9-12(14)13-3-2-8-18-13/h2-8H,9H2,1H3. The minimum absolute atomic E-state index is 0.0529. The molecule has 0 aliphatic heterocycles. The summed E-state index contributed by atoms with van der Waals surface area (Å²) in [6, 6.07) is 9.64. The first kappa shape index (κ1) is 13.9. The zero-order valence-electron chi connectivity index (χ0n) is 10.2. The molecule has 0 atom stereocenters. The Bertz CT molecular complexity index is 655. The minimum Gasteiger partial charge on any atom is -0.291 e. The van der Waals surface area contributed by atoms with E-state index in [1.807, 2.05) is 6.92 Å². The van der Waals surface area contributed by atoms with Crippen LogP contribution in [0.15, 0.2) is 46.7 Å². The number of benzene rings is 1. The van der Waals surface area contributed by atoms with Gasteiger partial charge in [0, 0.05) is 0 Å². The number of hydrogen-bond acceptors (Lipinski definition) is 5. The van der Waals surface area contributed by atoms with E-state index in [0.717, 1.165) is 5.56 Å². The summed E-state index contributed by atoms with van der Waals surface area (Å²) in [5.41, 5.74) is 0.952. The van der Waals surface area contributed by atoms with Gasteiger partial charge in [-0.2, -0.15) is 8.42 Å². The van der Waals surface area contributed by atoms with E-state index in [1.165, 1.54) is 23.5 Å². The van der Waals surface area contributed by atoms with Gasteiger partial charge in [-0.1, -0.05) is 23.8 Å². The Hall–Kier alpha value is -1.50. The van der Waals surface area contributed by atoms with Crippen molar-refractivity contribution in [3.05, 3.63) is 52.2 Å². The summed E-state index contributed by atoms with van der Waals surface area (Å²) < 4.78 is 28.5. The van der Waals surface area contributed by atoms with E-state index in [2.05, 4.69) is 0 Å². The van der Waals surface area contributed by atoms with Crippen molar-refractivity contribution in [3.8, 4) is 0 Å². The summed E-state index contributed by atoms with van der Waals surface area (Å²) in [5.74, 6) is -0.342. The third-order valence-electron chi connectivity index (χ3n) is 2.45. The van der Waals surface area contributed by atoms with Crippen LogP contribution >= 0.6 is 11.3 Å². The molecule has 6 heteroatoms. The fourth-order valence-corrected chi connectivity index (χ4v) is 2.93. The third kappa shape index (κ3) is 3.50. The Balaban J connectivity index is 2.06. The fraction of sp³-hybridized carbons (Fsp3) is 0.154. The van der Waals surface area contributed by atoms with Crippen molar-refractivity contribution in [3.63, 3.8) is 0 Å². The number of aryl methyl sites for hydroxylation is 1. The molecule has 1 heterocycles. The third-order valence-corrected chi connectivity index (χ3v) is 4.64. The van der Waals surface area contributed by atoms with Crippen LogP contribution in [-0.2, 0) is 14.3 Å². The zero-order valence-corrected chi connectivity index (χ0v) is 11.8. The maximum atomic E-state index is 11.8. The number of Topliss-reactive ketones (excluding diaryl/α,β-unsaturated/α-hetero) is 1. The second-order valence-corrected chi connectivity index (χ2v) is 6.49. The van der Waals surface area contributed by atoms with Crippen LogP contribution in [0.5, 0.6) is 0 Å². The second kappa shape index (κ2) is 5.64. The molecule has 0 aliphatic rings. The van der Waals surface area contributed by atoms with Crippen molar-refractivity contribution < 1.29 is 17.4 Å². The summed E-state index contributed by atoms with van der Waals surface area (Å²) in [6.45, 7) is 1.38. The molecule has 19 heavy (non-hydrogen) atoms. The van der Waals surface area contributed by atoms with Crippen molar-refractivity contribution in [2.75, 3.05) is 6.61 Å². The number of hydrogen-bond donors (Lipinski definition) is 0. The quantitative estimate of drug-likeness (QED) is 0.628. The number of rotatable bonds is 5. The molecule has 0 amide bonds. The second-order valence-electron chi connectivity index (χ2n) is 3.93. The Kier molecular flexibility index (Phi) is 4.14. The van der Waals surface area contributed by atoms with E-state index in [-0.39, 0.29) is 10.7 Å². The zero-order chi connectivity index (χ0) is 13.9. The van der Waals surface area contributed by atoms with Gasteiger partial charge in [0.05, 0.1) is 9.77 Å². The molecule has 2 aromatic rings. The molecule has 0 aliphatic carbocycles. The molecule has 1 aromatic heterocycles. The number of thiophene rings is 1. The molecule has 4 nitrogen and oxygen atoms in total. The first-order valence-electron chi connectivity index (χ1n) is 5.52. The lowest BCUT2D eigenvalue weighted by Crippen LogP contribution is -2.14. The number of ketones is 1. The Morgan fingerprint density at radius 1 is 1.21 bits per heavy atom. The highest BCUT2D eigenvalue weighted by atomic mass is 32.2. The maximum Gasteiger partial charge on any atom is 0.297 e. The van der Waals surface area contributed by atoms with E-state index >= 15 is 0 Å². The topological polar surface area (TPSA) is 60.4 Å². The highest BCUT2D eigenvalue weighted by Crippen LogP contribution is 2.15. The van der Waals surface area contributed by atoms with Gasteiger partial charge in [-0.05, 0) is 30.5 Å². The molecule has 0 saturated carbocycles. The molecule has 0 N–H and O–H groups in total. The van der Waals surface area contributed by atoms with Crippen LogP contribution in [0.1, 0.15) is 15.2 Å². The van der Waals surface area contributed by atoms with E-state index < -0.39 is 16.7 Å². The monoisotopic (exact) mass is 296 g/mol. The van der Waals surface area contributed by atoms with Crippen LogP contribution < -0.4 is 0 Å². The predicted octanol–water partition coefficient (Wildman–Crippen LogP) is 2.64.